The third-order valence-electron chi connectivity index (χ3n) is 2.83. The van der Waals surface area contributed by atoms with Crippen molar-refractivity contribution in [3.8, 4) is 0 Å². The van der Waals surface area contributed by atoms with Crippen LogP contribution in [-0.4, -0.2) is 46.1 Å². The molecule has 0 bridgehead atoms. The number of ether oxygens (including phenoxy) is 3. The summed E-state index contributed by atoms with van der Waals surface area (Å²) in [5, 5.41) is 0. The van der Waals surface area contributed by atoms with Crippen molar-refractivity contribution in [3.05, 3.63) is 0 Å². The van der Waals surface area contributed by atoms with Gasteiger partial charge in [-0.15, -0.1) is 0 Å². The molecule has 0 aliphatic rings. The molecule has 0 aromatic heterocycles. The van der Waals surface area contributed by atoms with Crippen LogP contribution in [0.3, 0.4) is 0 Å². The molecule has 0 rings (SSSR count). The highest BCUT2D eigenvalue weighted by molar-refractivity contribution is 5.72. The molecule has 0 fully saturated rings. The Kier molecular flexibility index (Phi) is 8.97. The van der Waals surface area contributed by atoms with Gasteiger partial charge in [-0.2, -0.15) is 0 Å². The number of hydrogen-bond acceptors (Lipinski definition) is 6. The van der Waals surface area contributed by atoms with Crippen LogP contribution >= 0.6 is 0 Å². The largest absolute Gasteiger partial charge is 0.469 e. The Morgan fingerprint density at radius 2 is 1.88 bits per heavy atom. The molecular formula is C11H23NO5. The summed E-state index contributed by atoms with van der Waals surface area (Å²) in [5.41, 5.74) is 0. The van der Waals surface area contributed by atoms with Crippen molar-refractivity contribution in [2.45, 2.75) is 32.0 Å². The third-order valence-corrected chi connectivity index (χ3v) is 2.83. The zero-order valence-corrected chi connectivity index (χ0v) is 11.0. The van der Waals surface area contributed by atoms with Crippen molar-refractivity contribution in [3.63, 3.8) is 0 Å². The van der Waals surface area contributed by atoms with Gasteiger partial charge in [-0.3, -0.25) is 4.79 Å². The first-order valence-electron chi connectivity index (χ1n) is 5.55. The molecular weight excluding hydrogens is 226 g/mol. The van der Waals surface area contributed by atoms with Crippen LogP contribution in [0.25, 0.3) is 0 Å². The summed E-state index contributed by atoms with van der Waals surface area (Å²) in [7, 11) is 4.56. The van der Waals surface area contributed by atoms with E-state index in [2.05, 4.69) is 4.84 Å². The van der Waals surface area contributed by atoms with E-state index in [-0.39, 0.29) is 24.1 Å². The van der Waals surface area contributed by atoms with Crippen molar-refractivity contribution in [2.24, 2.45) is 11.8 Å². The van der Waals surface area contributed by atoms with Crippen LogP contribution in [0.5, 0.6) is 0 Å². The average molecular weight is 249 g/mol. The zero-order valence-electron chi connectivity index (χ0n) is 11.0. The number of hydrogen-bond donors (Lipinski definition) is 1. The SMILES string of the molecule is COC(=O)C(CCON)CC(OC)C(C)OC. The number of rotatable bonds is 9. The standard InChI is InChI=1S/C11H23NO5/c1-8(14-2)10(15-3)7-9(5-6-17-12)11(13)16-4/h8-10H,5-7,12H2,1-4H3. The Morgan fingerprint density at radius 3 is 2.29 bits per heavy atom. The average Bonchev–Trinajstić information content (AvgIpc) is 2.37. The van der Waals surface area contributed by atoms with E-state index in [0.717, 1.165) is 0 Å². The topological polar surface area (TPSA) is 80.0 Å². The second-order valence-corrected chi connectivity index (χ2v) is 3.83. The van der Waals surface area contributed by atoms with Crippen LogP contribution in [0.1, 0.15) is 19.8 Å². The summed E-state index contributed by atoms with van der Waals surface area (Å²) in [5.74, 6) is 4.37. The summed E-state index contributed by atoms with van der Waals surface area (Å²) in [6.45, 7) is 2.19. The van der Waals surface area contributed by atoms with Crippen LogP contribution in [0.2, 0.25) is 0 Å². The van der Waals surface area contributed by atoms with E-state index in [1.165, 1.54) is 7.11 Å². The Morgan fingerprint density at radius 1 is 1.24 bits per heavy atom. The first-order chi connectivity index (χ1) is 8.10. The molecule has 0 saturated carbocycles. The molecule has 0 amide bonds. The van der Waals surface area contributed by atoms with Crippen LogP contribution in [-0.2, 0) is 23.8 Å². The number of esters is 1. The van der Waals surface area contributed by atoms with Gasteiger partial charge >= 0.3 is 5.97 Å². The smallest absolute Gasteiger partial charge is 0.308 e. The van der Waals surface area contributed by atoms with Gasteiger partial charge in [0.15, 0.2) is 0 Å². The van der Waals surface area contributed by atoms with E-state index in [1.807, 2.05) is 6.92 Å². The molecule has 0 aromatic carbocycles. The number of carbonyl (C=O) groups is 1. The summed E-state index contributed by atoms with van der Waals surface area (Å²) in [6, 6.07) is 0. The normalized spacial score (nSPS) is 16.3. The third kappa shape index (κ3) is 5.97. The molecule has 0 saturated heterocycles. The number of methoxy groups -OCH3 is 3. The lowest BCUT2D eigenvalue weighted by Crippen LogP contribution is -2.32. The molecule has 0 spiro atoms. The van der Waals surface area contributed by atoms with Crippen molar-refractivity contribution in [2.75, 3.05) is 27.9 Å². The molecule has 0 aliphatic heterocycles. The molecule has 0 radical (unpaired) electrons. The van der Waals surface area contributed by atoms with Gasteiger partial charge in [-0.25, -0.2) is 5.90 Å². The van der Waals surface area contributed by atoms with Gasteiger partial charge in [-0.05, 0) is 19.8 Å². The molecule has 0 heterocycles. The maximum absolute atomic E-state index is 11.6. The second kappa shape index (κ2) is 9.35. The Bertz CT molecular complexity index is 212. The predicted octanol–water partition coefficient (Wildman–Crippen LogP) is 0.496. The lowest BCUT2D eigenvalue weighted by molar-refractivity contribution is -0.148. The van der Waals surface area contributed by atoms with Crippen LogP contribution < -0.4 is 5.90 Å². The zero-order chi connectivity index (χ0) is 13.3. The van der Waals surface area contributed by atoms with E-state index in [9.17, 15) is 4.79 Å². The van der Waals surface area contributed by atoms with Crippen LogP contribution in [0.15, 0.2) is 0 Å². The highest BCUT2D eigenvalue weighted by Gasteiger charge is 2.26. The van der Waals surface area contributed by atoms with E-state index in [0.29, 0.717) is 19.4 Å². The van der Waals surface area contributed by atoms with Crippen molar-refractivity contribution in [1.29, 1.82) is 0 Å². The van der Waals surface area contributed by atoms with E-state index >= 15 is 0 Å². The van der Waals surface area contributed by atoms with Gasteiger partial charge in [-0.1, -0.05) is 0 Å². The number of carbonyl (C=O) groups excluding carboxylic acids is 1. The Balaban J connectivity index is 4.42. The fourth-order valence-electron chi connectivity index (χ4n) is 1.62. The molecule has 6 nitrogen and oxygen atoms in total. The predicted molar refractivity (Wildman–Crippen MR) is 62.1 cm³/mol. The monoisotopic (exact) mass is 249 g/mol. The van der Waals surface area contributed by atoms with E-state index in [1.54, 1.807) is 14.2 Å². The summed E-state index contributed by atoms with van der Waals surface area (Å²) < 4.78 is 15.2. The van der Waals surface area contributed by atoms with Gasteiger partial charge in [0.05, 0.1) is 31.8 Å². The van der Waals surface area contributed by atoms with Gasteiger partial charge in [0.25, 0.3) is 0 Å². The second-order valence-electron chi connectivity index (χ2n) is 3.83. The lowest BCUT2D eigenvalue weighted by Gasteiger charge is -2.25. The van der Waals surface area contributed by atoms with Crippen LogP contribution in [0.4, 0.5) is 0 Å². The van der Waals surface area contributed by atoms with Gasteiger partial charge in [0.2, 0.25) is 0 Å². The quantitative estimate of drug-likeness (QED) is 0.473. The summed E-state index contributed by atoms with van der Waals surface area (Å²) in [6.07, 6.45) is 0.758. The highest BCUT2D eigenvalue weighted by atomic mass is 16.6. The Labute approximate surface area is 102 Å². The first-order valence-corrected chi connectivity index (χ1v) is 5.55. The summed E-state index contributed by atoms with van der Waals surface area (Å²) >= 11 is 0. The minimum Gasteiger partial charge on any atom is -0.469 e. The van der Waals surface area contributed by atoms with E-state index in [4.69, 9.17) is 20.1 Å². The van der Waals surface area contributed by atoms with E-state index < -0.39 is 0 Å². The minimum absolute atomic E-state index is 0.0917. The van der Waals surface area contributed by atoms with Gasteiger partial charge < -0.3 is 19.0 Å². The lowest BCUT2D eigenvalue weighted by atomic mass is 9.96. The molecule has 6 heteroatoms. The molecule has 0 aliphatic carbocycles. The van der Waals surface area contributed by atoms with Gasteiger partial charge in [0.1, 0.15) is 0 Å². The Hall–Kier alpha value is -0.690. The van der Waals surface area contributed by atoms with Crippen molar-refractivity contribution < 1.29 is 23.8 Å². The maximum Gasteiger partial charge on any atom is 0.308 e. The summed E-state index contributed by atoms with van der Waals surface area (Å²) in [4.78, 5) is 16.1. The fourth-order valence-corrected chi connectivity index (χ4v) is 1.62. The van der Waals surface area contributed by atoms with Crippen LogP contribution in [0, 0.1) is 5.92 Å². The molecule has 3 atom stereocenters. The highest BCUT2D eigenvalue weighted by Crippen LogP contribution is 2.18. The van der Waals surface area contributed by atoms with Crippen molar-refractivity contribution >= 4 is 5.97 Å². The molecule has 102 valence electrons. The maximum atomic E-state index is 11.6. The molecule has 17 heavy (non-hydrogen) atoms. The number of nitrogens with two attached hydrogens (primary N) is 1. The van der Waals surface area contributed by atoms with Crippen molar-refractivity contribution in [1.82, 2.24) is 0 Å². The molecule has 2 N–H and O–H groups in total. The van der Waals surface area contributed by atoms with Gasteiger partial charge in [0, 0.05) is 14.2 Å². The molecule has 0 aromatic rings. The first kappa shape index (κ1) is 16.3. The molecule has 3 unspecified atom stereocenters. The minimum atomic E-state index is -0.300. The fraction of sp³-hybridized carbons (Fsp3) is 0.909.